The Morgan fingerprint density at radius 1 is 1.05 bits per heavy atom. The molecule has 2 amide bonds. The van der Waals surface area contributed by atoms with Crippen molar-refractivity contribution in [2.45, 2.75) is 77.4 Å². The Labute approximate surface area is 249 Å². The second kappa shape index (κ2) is 13.8. The maximum absolute atomic E-state index is 15.1. The Balaban J connectivity index is 1.51. The number of alkyl carbamates (subject to hydrolysis) is 1. The molecule has 1 aliphatic carbocycles. The summed E-state index contributed by atoms with van der Waals surface area (Å²) in [6.45, 7) is 7.25. The van der Waals surface area contributed by atoms with Crippen molar-refractivity contribution < 1.29 is 33.0 Å². The number of aromatic nitrogens is 2. The topological polar surface area (TPSA) is 117 Å². The molecule has 12 heteroatoms. The molecule has 1 aliphatic rings. The van der Waals surface area contributed by atoms with Gasteiger partial charge >= 0.3 is 6.09 Å². The van der Waals surface area contributed by atoms with E-state index in [4.69, 9.17) is 9.47 Å². The normalized spacial score (nSPS) is 18.0. The van der Waals surface area contributed by atoms with Crippen LogP contribution in [0, 0.1) is 11.6 Å². The number of aliphatic hydroxyl groups excluding tert-OH is 1. The maximum Gasteiger partial charge on any atom is 0.407 e. The largest absolute Gasteiger partial charge is 0.451 e. The summed E-state index contributed by atoms with van der Waals surface area (Å²) >= 11 is 0. The number of carbonyl (C=O) groups is 2. The van der Waals surface area contributed by atoms with Crippen molar-refractivity contribution >= 4 is 17.8 Å². The summed E-state index contributed by atoms with van der Waals surface area (Å²) in [6.07, 6.45) is 1.84. The van der Waals surface area contributed by atoms with Gasteiger partial charge in [-0.25, -0.2) is 23.5 Å². The number of anilines is 1. The molecule has 10 nitrogen and oxygen atoms in total. The van der Waals surface area contributed by atoms with Gasteiger partial charge in [-0.2, -0.15) is 0 Å². The number of amides is 2. The predicted molar refractivity (Wildman–Crippen MR) is 156 cm³/mol. The van der Waals surface area contributed by atoms with Crippen molar-refractivity contribution in [1.82, 2.24) is 20.2 Å². The van der Waals surface area contributed by atoms with Crippen LogP contribution in [0.3, 0.4) is 0 Å². The van der Waals surface area contributed by atoms with E-state index < -0.39 is 41.3 Å². The first-order valence-corrected chi connectivity index (χ1v) is 14.1. The van der Waals surface area contributed by atoms with E-state index in [0.717, 1.165) is 11.6 Å². The summed E-state index contributed by atoms with van der Waals surface area (Å²) < 4.78 is 40.8. The van der Waals surface area contributed by atoms with Crippen LogP contribution in [0.2, 0.25) is 0 Å². The Kier molecular flexibility index (Phi) is 10.1. The van der Waals surface area contributed by atoms with Crippen LogP contribution >= 0.6 is 0 Å². The van der Waals surface area contributed by atoms with Crippen LogP contribution in [-0.2, 0) is 11.3 Å². The number of ether oxygens (including phenoxy) is 2. The second-order valence-corrected chi connectivity index (χ2v) is 11.1. The lowest BCUT2D eigenvalue weighted by molar-refractivity contribution is 0.0634. The summed E-state index contributed by atoms with van der Waals surface area (Å²) in [5.74, 6) is -3.11. The fourth-order valence-corrected chi connectivity index (χ4v) is 5.39. The van der Waals surface area contributed by atoms with Gasteiger partial charge in [-0.3, -0.25) is 4.79 Å². The highest BCUT2D eigenvalue weighted by Crippen LogP contribution is 2.36. The number of aliphatic hydroxyl groups is 1. The fourth-order valence-electron chi connectivity index (χ4n) is 5.39. The number of benzene rings is 2. The summed E-state index contributed by atoms with van der Waals surface area (Å²) in [7, 11) is 1.69. The number of hydrogen-bond acceptors (Lipinski definition) is 8. The minimum Gasteiger partial charge on any atom is -0.451 e. The van der Waals surface area contributed by atoms with E-state index in [-0.39, 0.29) is 48.5 Å². The van der Waals surface area contributed by atoms with E-state index in [1.54, 1.807) is 39.6 Å². The molecule has 1 heterocycles. The van der Waals surface area contributed by atoms with Gasteiger partial charge in [0.15, 0.2) is 23.2 Å². The zero-order valence-electron chi connectivity index (χ0n) is 24.8. The molecule has 1 saturated carbocycles. The number of nitrogens with zero attached hydrogens (tertiary/aromatic N) is 4. The highest BCUT2D eigenvalue weighted by molar-refractivity contribution is 5.97. The van der Waals surface area contributed by atoms with Crippen molar-refractivity contribution in [3.8, 4) is 11.5 Å². The first kappa shape index (κ1) is 31.6. The van der Waals surface area contributed by atoms with E-state index in [0.29, 0.717) is 6.42 Å². The maximum atomic E-state index is 15.1. The van der Waals surface area contributed by atoms with Crippen LogP contribution in [0.5, 0.6) is 11.5 Å². The molecule has 0 radical (unpaired) electrons. The standard InChI is InChI=1S/C31H37F2N5O5/c1-18(2)38(19(3)4)30(40)27-25(12-11-22(32)28(27)33)43-26-15-34-17-35-29(26)37(5)23-13-21(14-24(23)39)36-31(41)42-16-20-9-7-6-8-10-20/h6-12,15,17-19,21,23-24,39H,13-14,16H2,1-5H3,(H,36,41)/t21-,23+,24-/m1/s1. The molecule has 0 saturated heterocycles. The summed E-state index contributed by atoms with van der Waals surface area (Å²) in [5, 5.41) is 13.7. The molecule has 1 aromatic heterocycles. The van der Waals surface area contributed by atoms with Gasteiger partial charge in [-0.15, -0.1) is 0 Å². The monoisotopic (exact) mass is 597 g/mol. The van der Waals surface area contributed by atoms with E-state index in [9.17, 15) is 19.1 Å². The molecule has 1 fully saturated rings. The van der Waals surface area contributed by atoms with Crippen LogP contribution in [-0.4, -0.2) is 69.3 Å². The molecule has 2 N–H and O–H groups in total. The highest BCUT2D eigenvalue weighted by atomic mass is 19.2. The minimum atomic E-state index is -1.32. The van der Waals surface area contributed by atoms with Gasteiger partial charge in [0.25, 0.3) is 5.91 Å². The molecule has 2 aromatic carbocycles. The fraction of sp³-hybridized carbons (Fsp3) is 0.419. The zero-order chi connectivity index (χ0) is 31.3. The van der Waals surface area contributed by atoms with E-state index >= 15 is 4.39 Å². The second-order valence-electron chi connectivity index (χ2n) is 11.1. The Morgan fingerprint density at radius 3 is 2.42 bits per heavy atom. The molecule has 3 atom stereocenters. The molecule has 3 aromatic rings. The van der Waals surface area contributed by atoms with Gasteiger partial charge in [0.1, 0.15) is 24.2 Å². The summed E-state index contributed by atoms with van der Waals surface area (Å²) in [5.41, 5.74) is 0.309. The molecular formula is C31H37F2N5O5. The zero-order valence-corrected chi connectivity index (χ0v) is 24.8. The third-order valence-electron chi connectivity index (χ3n) is 7.36. The molecule has 0 bridgehead atoms. The molecule has 0 aliphatic heterocycles. The van der Waals surface area contributed by atoms with E-state index in [2.05, 4.69) is 15.3 Å². The molecular weight excluding hydrogens is 560 g/mol. The van der Waals surface area contributed by atoms with Gasteiger partial charge in [0.2, 0.25) is 0 Å². The molecule has 230 valence electrons. The number of carbonyl (C=O) groups excluding carboxylic acids is 2. The van der Waals surface area contributed by atoms with Gasteiger partial charge in [-0.1, -0.05) is 30.3 Å². The first-order chi connectivity index (χ1) is 20.5. The average molecular weight is 598 g/mol. The van der Waals surface area contributed by atoms with Gasteiger partial charge in [0, 0.05) is 25.2 Å². The molecule has 43 heavy (non-hydrogen) atoms. The van der Waals surface area contributed by atoms with Gasteiger partial charge in [0.05, 0.1) is 18.3 Å². The van der Waals surface area contributed by atoms with Crippen LogP contribution in [0.25, 0.3) is 0 Å². The minimum absolute atomic E-state index is 0.0663. The van der Waals surface area contributed by atoms with E-state index in [1.807, 2.05) is 30.3 Å². The lowest BCUT2D eigenvalue weighted by Crippen LogP contribution is -2.42. The van der Waals surface area contributed by atoms with Crippen molar-refractivity contribution in [3.63, 3.8) is 0 Å². The Bertz CT molecular complexity index is 1420. The lowest BCUT2D eigenvalue weighted by Gasteiger charge is -2.32. The van der Waals surface area contributed by atoms with Crippen LogP contribution in [0.1, 0.15) is 56.5 Å². The van der Waals surface area contributed by atoms with Crippen molar-refractivity contribution in [1.29, 1.82) is 0 Å². The SMILES string of the molecule is CC(C)N(C(=O)c1c(Oc2cncnc2N(C)[C@H]2C[C@@H](NC(=O)OCc3ccccc3)C[C@H]2O)ccc(F)c1F)C(C)C. The van der Waals surface area contributed by atoms with Gasteiger partial charge < -0.3 is 29.7 Å². The predicted octanol–water partition coefficient (Wildman–Crippen LogP) is 5.06. The number of hydrogen-bond donors (Lipinski definition) is 2. The van der Waals surface area contributed by atoms with Crippen LogP contribution in [0.4, 0.5) is 19.4 Å². The number of rotatable bonds is 10. The lowest BCUT2D eigenvalue weighted by atomic mass is 10.1. The van der Waals surface area contributed by atoms with Crippen molar-refractivity contribution in [3.05, 3.63) is 77.8 Å². The molecule has 4 rings (SSSR count). The highest BCUT2D eigenvalue weighted by Gasteiger charge is 2.38. The quantitative estimate of drug-likeness (QED) is 0.333. The number of halogens is 2. The molecule has 0 spiro atoms. The third kappa shape index (κ3) is 7.37. The van der Waals surface area contributed by atoms with Crippen molar-refractivity contribution in [2.24, 2.45) is 0 Å². The average Bonchev–Trinajstić information content (AvgIpc) is 3.33. The number of likely N-dealkylation sites (N-methyl/N-ethyl adjacent to an activating group) is 1. The molecule has 0 unspecified atom stereocenters. The summed E-state index contributed by atoms with van der Waals surface area (Å²) in [4.78, 5) is 37.3. The van der Waals surface area contributed by atoms with Crippen LogP contribution in [0.15, 0.2) is 55.0 Å². The Morgan fingerprint density at radius 2 is 1.74 bits per heavy atom. The van der Waals surface area contributed by atoms with Crippen LogP contribution < -0.4 is 15.0 Å². The third-order valence-corrected chi connectivity index (χ3v) is 7.36. The first-order valence-electron chi connectivity index (χ1n) is 14.1. The summed E-state index contributed by atoms with van der Waals surface area (Å²) in [6, 6.07) is 9.93. The Hall–Kier alpha value is -4.32. The van der Waals surface area contributed by atoms with E-state index in [1.165, 1.54) is 23.5 Å². The van der Waals surface area contributed by atoms with Crippen molar-refractivity contribution in [2.75, 3.05) is 11.9 Å². The van der Waals surface area contributed by atoms with Gasteiger partial charge in [-0.05, 0) is 58.2 Å². The number of nitrogens with one attached hydrogen (secondary N) is 1. The smallest absolute Gasteiger partial charge is 0.407 e.